The first-order valence-corrected chi connectivity index (χ1v) is 9.53. The molecule has 0 aliphatic carbocycles. The zero-order valence-corrected chi connectivity index (χ0v) is 17.5. The lowest BCUT2D eigenvalue weighted by molar-refractivity contribution is -0.116. The van der Waals surface area contributed by atoms with E-state index in [4.69, 9.17) is 11.6 Å². The van der Waals surface area contributed by atoms with E-state index in [1.807, 2.05) is 20.8 Å². The minimum Gasteiger partial charge on any atom is -0.323 e. The summed E-state index contributed by atoms with van der Waals surface area (Å²) in [6.45, 7) is 6.42. The summed E-state index contributed by atoms with van der Waals surface area (Å²) >= 11 is 5.98. The molecule has 0 aliphatic rings. The number of nitrogens with one attached hydrogen (secondary N) is 2. The van der Waals surface area contributed by atoms with Crippen LogP contribution in [0.4, 0.5) is 11.4 Å². The van der Waals surface area contributed by atoms with Crippen LogP contribution in [-0.2, 0) is 24.9 Å². The lowest BCUT2D eigenvalue weighted by Crippen LogP contribution is -2.22. The highest BCUT2D eigenvalue weighted by Gasteiger charge is 2.21. The first-order valence-electron chi connectivity index (χ1n) is 9.15. The largest absolute Gasteiger partial charge is 0.323 e. The van der Waals surface area contributed by atoms with Gasteiger partial charge in [0.25, 0.3) is 5.91 Å². The van der Waals surface area contributed by atoms with Gasteiger partial charge in [0.1, 0.15) is 5.69 Å². The van der Waals surface area contributed by atoms with Crippen LogP contribution in [0.1, 0.15) is 35.2 Å². The molecule has 0 aliphatic heterocycles. The third-order valence-electron chi connectivity index (χ3n) is 4.71. The molecule has 29 heavy (non-hydrogen) atoms. The van der Waals surface area contributed by atoms with Crippen LogP contribution in [0.2, 0.25) is 5.02 Å². The summed E-state index contributed by atoms with van der Waals surface area (Å²) in [4.78, 5) is 25.3. The minimum absolute atomic E-state index is 0.179. The van der Waals surface area contributed by atoms with Crippen LogP contribution in [0.25, 0.3) is 0 Å². The molecule has 2 amide bonds. The third-order valence-corrected chi connectivity index (χ3v) is 5.08. The lowest BCUT2D eigenvalue weighted by atomic mass is 10.3. The highest BCUT2D eigenvalue weighted by atomic mass is 35.5. The van der Waals surface area contributed by atoms with Gasteiger partial charge in [-0.1, -0.05) is 11.6 Å². The van der Waals surface area contributed by atoms with Gasteiger partial charge in [0, 0.05) is 20.0 Å². The molecule has 0 fully saturated rings. The number of halogens is 1. The Bertz CT molecular complexity index is 1050. The Morgan fingerprint density at radius 3 is 2.28 bits per heavy atom. The van der Waals surface area contributed by atoms with Crippen molar-refractivity contribution in [2.75, 3.05) is 10.6 Å². The number of hydrogen-bond donors (Lipinski definition) is 2. The molecule has 0 saturated carbocycles. The fourth-order valence-corrected chi connectivity index (χ4v) is 2.97. The van der Waals surface area contributed by atoms with E-state index in [1.54, 1.807) is 28.8 Å². The highest BCUT2D eigenvalue weighted by Crippen LogP contribution is 2.20. The minimum atomic E-state index is -0.370. The van der Waals surface area contributed by atoms with E-state index in [1.165, 1.54) is 10.9 Å². The van der Waals surface area contributed by atoms with Gasteiger partial charge in [0.2, 0.25) is 5.91 Å². The van der Waals surface area contributed by atoms with Gasteiger partial charge in [-0.15, -0.1) is 0 Å². The number of aromatic nitrogens is 6. The van der Waals surface area contributed by atoms with Crippen molar-refractivity contribution in [1.82, 2.24) is 29.3 Å². The summed E-state index contributed by atoms with van der Waals surface area (Å²) in [5.74, 6) is -0.622. The molecular weight excluding hydrogens is 396 g/mol. The van der Waals surface area contributed by atoms with Crippen LogP contribution >= 0.6 is 11.6 Å². The quantitative estimate of drug-likeness (QED) is 0.611. The van der Waals surface area contributed by atoms with E-state index < -0.39 is 0 Å². The van der Waals surface area contributed by atoms with Crippen LogP contribution in [-0.4, -0.2) is 41.2 Å². The van der Waals surface area contributed by atoms with Gasteiger partial charge in [-0.25, -0.2) is 0 Å². The van der Waals surface area contributed by atoms with E-state index in [-0.39, 0.29) is 23.9 Å². The van der Waals surface area contributed by atoms with Crippen molar-refractivity contribution in [3.05, 3.63) is 40.7 Å². The molecule has 0 saturated heterocycles. The number of amides is 2. The van der Waals surface area contributed by atoms with Gasteiger partial charge in [-0.2, -0.15) is 15.3 Å². The van der Waals surface area contributed by atoms with Crippen LogP contribution in [0.15, 0.2) is 18.6 Å². The fraction of sp³-hybridized carbons (Fsp3) is 0.389. The molecular formula is C18H23ClN8O2. The fourth-order valence-electron chi connectivity index (χ4n) is 2.83. The molecule has 0 spiro atoms. The van der Waals surface area contributed by atoms with Crippen LogP contribution < -0.4 is 10.6 Å². The van der Waals surface area contributed by atoms with E-state index in [0.29, 0.717) is 29.5 Å². The first kappa shape index (κ1) is 20.6. The molecule has 2 N–H and O–H groups in total. The second-order valence-electron chi connectivity index (χ2n) is 6.54. The van der Waals surface area contributed by atoms with E-state index in [0.717, 1.165) is 11.4 Å². The molecule has 3 aromatic heterocycles. The van der Waals surface area contributed by atoms with Crippen molar-refractivity contribution in [3.8, 4) is 0 Å². The van der Waals surface area contributed by atoms with Gasteiger partial charge in [-0.3, -0.25) is 23.6 Å². The van der Waals surface area contributed by atoms with Gasteiger partial charge < -0.3 is 10.6 Å². The molecule has 3 aromatic rings. The second-order valence-corrected chi connectivity index (χ2v) is 6.95. The van der Waals surface area contributed by atoms with Crippen LogP contribution in [0, 0.1) is 13.8 Å². The van der Waals surface area contributed by atoms with Crippen molar-refractivity contribution in [2.24, 2.45) is 7.05 Å². The number of carbonyl (C=O) groups excluding carboxylic acids is 2. The maximum atomic E-state index is 12.9. The molecule has 11 heteroatoms. The zero-order chi connectivity index (χ0) is 21.1. The molecule has 0 aromatic carbocycles. The number of nitrogens with zero attached hydrogens (tertiary/aromatic N) is 6. The van der Waals surface area contributed by atoms with Crippen molar-refractivity contribution < 1.29 is 9.59 Å². The van der Waals surface area contributed by atoms with Gasteiger partial charge >= 0.3 is 0 Å². The molecule has 0 unspecified atom stereocenters. The Hall–Kier alpha value is -3.14. The lowest BCUT2D eigenvalue weighted by Gasteiger charge is -2.10. The summed E-state index contributed by atoms with van der Waals surface area (Å²) < 4.78 is 4.86. The van der Waals surface area contributed by atoms with Crippen molar-refractivity contribution in [1.29, 1.82) is 0 Å². The Kier molecular flexibility index (Phi) is 6.02. The summed E-state index contributed by atoms with van der Waals surface area (Å²) in [7, 11) is 1.79. The summed E-state index contributed by atoms with van der Waals surface area (Å²) in [6.07, 6.45) is 4.78. The topological polar surface area (TPSA) is 112 Å². The van der Waals surface area contributed by atoms with Gasteiger partial charge in [0.05, 0.1) is 52.9 Å². The predicted octanol–water partition coefficient (Wildman–Crippen LogP) is 2.38. The van der Waals surface area contributed by atoms with Crippen molar-refractivity contribution in [3.63, 3.8) is 0 Å². The first-order chi connectivity index (χ1) is 13.8. The second kappa shape index (κ2) is 8.48. The zero-order valence-electron chi connectivity index (χ0n) is 16.7. The summed E-state index contributed by atoms with van der Waals surface area (Å²) in [5.41, 5.74) is 2.85. The molecule has 3 heterocycles. The average molecular weight is 419 g/mol. The smallest absolute Gasteiger partial charge is 0.276 e. The monoisotopic (exact) mass is 418 g/mol. The standard InChI is InChI=1S/C18H23ClN8O2/c1-5-26-17(18(29)24-14-9-20-25(4)12(14)3)15(10-22-26)23-16(28)6-7-27-11(2)13(19)8-21-27/h8-10H,5-7H2,1-4H3,(H,23,28)(H,24,29). The number of anilines is 2. The predicted molar refractivity (Wildman–Crippen MR) is 109 cm³/mol. The van der Waals surface area contributed by atoms with Crippen LogP contribution in [0.3, 0.4) is 0 Å². The Morgan fingerprint density at radius 2 is 1.69 bits per heavy atom. The van der Waals surface area contributed by atoms with Crippen molar-refractivity contribution >= 4 is 34.8 Å². The maximum absolute atomic E-state index is 12.9. The number of aryl methyl sites for hydroxylation is 3. The van der Waals surface area contributed by atoms with E-state index >= 15 is 0 Å². The third kappa shape index (κ3) is 4.32. The van der Waals surface area contributed by atoms with E-state index in [9.17, 15) is 9.59 Å². The number of rotatable bonds is 7. The number of hydrogen-bond acceptors (Lipinski definition) is 5. The van der Waals surface area contributed by atoms with Gasteiger partial charge in [-0.05, 0) is 20.8 Å². The summed E-state index contributed by atoms with van der Waals surface area (Å²) in [6, 6.07) is 0. The summed E-state index contributed by atoms with van der Waals surface area (Å²) in [5, 5.41) is 18.6. The molecule has 0 bridgehead atoms. The SMILES string of the molecule is CCn1ncc(NC(=O)CCn2ncc(Cl)c2C)c1C(=O)Nc1cnn(C)c1C. The Balaban J connectivity index is 1.72. The molecule has 0 atom stereocenters. The Morgan fingerprint density at radius 1 is 1.00 bits per heavy atom. The molecule has 154 valence electrons. The van der Waals surface area contributed by atoms with E-state index in [2.05, 4.69) is 25.9 Å². The molecule has 10 nitrogen and oxygen atoms in total. The average Bonchev–Trinajstić information content (AvgIpc) is 3.34. The Labute approximate surface area is 172 Å². The number of carbonyl (C=O) groups is 2. The van der Waals surface area contributed by atoms with Crippen LogP contribution in [0.5, 0.6) is 0 Å². The molecule has 0 radical (unpaired) electrons. The highest BCUT2D eigenvalue weighted by molar-refractivity contribution is 6.31. The molecule has 3 rings (SSSR count). The van der Waals surface area contributed by atoms with Crippen molar-refractivity contribution in [2.45, 2.75) is 40.3 Å². The van der Waals surface area contributed by atoms with Gasteiger partial charge in [0.15, 0.2) is 0 Å². The normalized spacial score (nSPS) is 10.9. The maximum Gasteiger partial charge on any atom is 0.276 e.